The van der Waals surface area contributed by atoms with Crippen LogP contribution >= 0.6 is 11.3 Å². The Morgan fingerprint density at radius 2 is 1.77 bits per heavy atom. The highest BCUT2D eigenvalue weighted by Crippen LogP contribution is 2.44. The molecule has 1 fully saturated rings. The number of rotatable bonds is 8. The van der Waals surface area contributed by atoms with Gasteiger partial charge in [0.15, 0.2) is 11.5 Å². The first-order chi connectivity index (χ1) is 19.3. The van der Waals surface area contributed by atoms with Crippen molar-refractivity contribution < 1.29 is 29.3 Å². The summed E-state index contributed by atoms with van der Waals surface area (Å²) in [4.78, 5) is 27.9. The van der Waals surface area contributed by atoms with E-state index < -0.39 is 17.7 Å². The van der Waals surface area contributed by atoms with Gasteiger partial charge >= 0.3 is 5.91 Å². The highest BCUT2D eigenvalue weighted by atomic mass is 32.1. The molecule has 0 aliphatic carbocycles. The summed E-state index contributed by atoms with van der Waals surface area (Å²) in [6, 6.07) is 18.2. The van der Waals surface area contributed by atoms with E-state index >= 15 is 0 Å². The highest BCUT2D eigenvalue weighted by molar-refractivity contribution is 7.15. The first-order valence-electron chi connectivity index (χ1n) is 12.6. The van der Waals surface area contributed by atoms with Gasteiger partial charge in [0.05, 0.1) is 18.2 Å². The second-order valence-corrected chi connectivity index (χ2v) is 10.4. The number of carbonyl (C=O) groups excluding carboxylic acids is 2. The van der Waals surface area contributed by atoms with Crippen molar-refractivity contribution in [2.24, 2.45) is 0 Å². The average Bonchev–Trinajstić information content (AvgIpc) is 3.48. The maximum atomic E-state index is 13.4. The lowest BCUT2D eigenvalue weighted by molar-refractivity contribution is -0.132. The summed E-state index contributed by atoms with van der Waals surface area (Å²) in [7, 11) is 0. The van der Waals surface area contributed by atoms with E-state index in [1.165, 1.54) is 11.0 Å². The van der Waals surface area contributed by atoms with Crippen LogP contribution in [-0.4, -0.2) is 38.7 Å². The van der Waals surface area contributed by atoms with E-state index in [0.717, 1.165) is 22.5 Å². The summed E-state index contributed by atoms with van der Waals surface area (Å²) < 4.78 is 11.4. The molecule has 3 aromatic carbocycles. The van der Waals surface area contributed by atoms with Crippen LogP contribution in [0.5, 0.6) is 17.2 Å². The van der Waals surface area contributed by atoms with Gasteiger partial charge in [-0.15, -0.1) is 10.2 Å². The smallest absolute Gasteiger partial charge is 0.301 e. The Kier molecular flexibility index (Phi) is 7.52. The second-order valence-electron chi connectivity index (χ2n) is 9.24. The Bertz CT molecular complexity index is 1610. The predicted molar refractivity (Wildman–Crippen MR) is 151 cm³/mol. The van der Waals surface area contributed by atoms with Gasteiger partial charge in [0, 0.05) is 5.56 Å². The minimum Gasteiger partial charge on any atom is -0.507 e. The quantitative estimate of drug-likeness (QED) is 0.166. The molecule has 1 atom stereocenters. The molecule has 0 radical (unpaired) electrons. The molecule has 0 saturated carbocycles. The Labute approximate surface area is 235 Å². The lowest BCUT2D eigenvalue weighted by Crippen LogP contribution is -2.29. The number of carbonyl (C=O) groups is 2. The van der Waals surface area contributed by atoms with E-state index in [4.69, 9.17) is 9.47 Å². The third kappa shape index (κ3) is 5.26. The van der Waals surface area contributed by atoms with Gasteiger partial charge in [-0.1, -0.05) is 47.2 Å². The number of nitrogens with zero attached hydrogens (tertiary/aromatic N) is 3. The summed E-state index contributed by atoms with van der Waals surface area (Å²) in [6.07, 6.45) is 0. The van der Waals surface area contributed by atoms with Crippen LogP contribution in [0.25, 0.3) is 5.76 Å². The molecule has 204 valence electrons. The van der Waals surface area contributed by atoms with E-state index in [1.807, 2.05) is 31.2 Å². The SMILES string of the molecule is CCOc1cc(C2C(=C(O)c3ccc(OCc4cccc(C)c4)cc3)C(=O)C(=O)N2c2nnc(C)s2)ccc1O. The largest absolute Gasteiger partial charge is 0.507 e. The van der Waals surface area contributed by atoms with Crippen LogP contribution in [0.15, 0.2) is 72.3 Å². The molecule has 1 aromatic heterocycles. The second kappa shape index (κ2) is 11.2. The number of amides is 1. The van der Waals surface area contributed by atoms with Gasteiger partial charge in [-0.2, -0.15) is 0 Å². The molecule has 4 aromatic rings. The first kappa shape index (κ1) is 26.9. The molecule has 2 heterocycles. The monoisotopic (exact) mass is 557 g/mol. The molecular formula is C30H27N3O6S. The number of aromatic hydroxyl groups is 1. The Balaban J connectivity index is 1.53. The lowest BCUT2D eigenvalue weighted by atomic mass is 9.95. The Hall–Kier alpha value is -4.70. The number of aromatic nitrogens is 2. The van der Waals surface area contributed by atoms with Crippen molar-refractivity contribution in [3.63, 3.8) is 0 Å². The summed E-state index contributed by atoms with van der Waals surface area (Å²) >= 11 is 1.15. The van der Waals surface area contributed by atoms with Gasteiger partial charge in [0.25, 0.3) is 5.78 Å². The molecule has 2 N–H and O–H groups in total. The van der Waals surface area contributed by atoms with Crippen LogP contribution in [0.4, 0.5) is 5.13 Å². The Morgan fingerprint density at radius 3 is 2.45 bits per heavy atom. The molecule has 40 heavy (non-hydrogen) atoms. The number of Topliss-reactive ketones (excluding diaryl/α,β-unsaturated/α-hetero) is 1. The van der Waals surface area contributed by atoms with Crippen LogP contribution in [0, 0.1) is 13.8 Å². The van der Waals surface area contributed by atoms with Crippen LogP contribution in [-0.2, 0) is 16.2 Å². The Morgan fingerprint density at radius 1 is 1.00 bits per heavy atom. The normalized spacial score (nSPS) is 16.4. The molecule has 5 rings (SSSR count). The van der Waals surface area contributed by atoms with Crippen molar-refractivity contribution in [3.8, 4) is 17.2 Å². The van der Waals surface area contributed by atoms with Crippen molar-refractivity contribution in [3.05, 3.63) is 99.6 Å². The zero-order valence-corrected chi connectivity index (χ0v) is 22.9. The number of ether oxygens (including phenoxy) is 2. The molecular weight excluding hydrogens is 530 g/mol. The van der Waals surface area contributed by atoms with Gasteiger partial charge in [-0.3, -0.25) is 14.5 Å². The van der Waals surface area contributed by atoms with Gasteiger partial charge in [0.2, 0.25) is 5.13 Å². The lowest BCUT2D eigenvalue weighted by Gasteiger charge is -2.23. The zero-order valence-electron chi connectivity index (χ0n) is 22.1. The van der Waals surface area contributed by atoms with Crippen molar-refractivity contribution in [2.75, 3.05) is 11.5 Å². The van der Waals surface area contributed by atoms with Gasteiger partial charge in [-0.05, 0) is 68.3 Å². The topological polar surface area (TPSA) is 122 Å². The van der Waals surface area contributed by atoms with Crippen LogP contribution in [0.1, 0.15) is 40.2 Å². The molecule has 9 nitrogen and oxygen atoms in total. The summed E-state index contributed by atoms with van der Waals surface area (Å²) in [5.74, 6) is -1.36. The molecule has 1 aliphatic heterocycles. The fourth-order valence-electron chi connectivity index (χ4n) is 4.53. The molecule has 1 saturated heterocycles. The first-order valence-corrected chi connectivity index (χ1v) is 13.4. The number of aliphatic hydroxyl groups excluding tert-OH is 1. The number of benzene rings is 3. The maximum Gasteiger partial charge on any atom is 0.301 e. The predicted octanol–water partition coefficient (Wildman–Crippen LogP) is 5.46. The standard InChI is InChI=1S/C30H27N3O6S/c1-4-38-24-15-21(10-13-23(24)34)26-25(28(36)29(37)33(26)30-32-31-18(3)40-30)27(35)20-8-11-22(12-9-20)39-16-19-7-5-6-17(2)14-19/h5-15,26,34-35H,4,16H2,1-3H3. The fraction of sp³-hybridized carbons (Fsp3) is 0.200. The number of hydrogen-bond acceptors (Lipinski definition) is 9. The summed E-state index contributed by atoms with van der Waals surface area (Å²) in [5.41, 5.74) is 2.84. The molecule has 10 heteroatoms. The molecule has 1 unspecified atom stereocenters. The van der Waals surface area contributed by atoms with Gasteiger partial charge < -0.3 is 19.7 Å². The van der Waals surface area contributed by atoms with Gasteiger partial charge in [0.1, 0.15) is 23.1 Å². The number of phenols is 1. The summed E-state index contributed by atoms with van der Waals surface area (Å²) in [6.45, 7) is 6.20. The van der Waals surface area contributed by atoms with E-state index in [-0.39, 0.29) is 28.0 Å². The summed E-state index contributed by atoms with van der Waals surface area (Å²) in [5, 5.41) is 30.5. The van der Waals surface area contributed by atoms with E-state index in [2.05, 4.69) is 10.2 Å². The zero-order chi connectivity index (χ0) is 28.4. The fourth-order valence-corrected chi connectivity index (χ4v) is 5.25. The van der Waals surface area contributed by atoms with Crippen molar-refractivity contribution in [1.82, 2.24) is 10.2 Å². The average molecular weight is 558 g/mol. The minimum absolute atomic E-state index is 0.0874. The van der Waals surface area contributed by atoms with E-state index in [0.29, 0.717) is 35.1 Å². The molecule has 0 spiro atoms. The molecule has 0 bridgehead atoms. The van der Waals surface area contributed by atoms with E-state index in [1.54, 1.807) is 50.2 Å². The number of aliphatic hydroxyl groups is 1. The number of hydrogen-bond donors (Lipinski definition) is 2. The number of anilines is 1. The van der Waals surface area contributed by atoms with Gasteiger partial charge in [-0.25, -0.2) is 0 Å². The molecule has 1 aliphatic rings. The van der Waals surface area contributed by atoms with Crippen molar-refractivity contribution in [2.45, 2.75) is 33.4 Å². The van der Waals surface area contributed by atoms with Crippen molar-refractivity contribution in [1.29, 1.82) is 0 Å². The van der Waals surface area contributed by atoms with Crippen LogP contribution < -0.4 is 14.4 Å². The third-order valence-electron chi connectivity index (χ3n) is 6.38. The molecule has 1 amide bonds. The number of phenolic OH excluding ortho intramolecular Hbond substituents is 1. The number of aryl methyl sites for hydroxylation is 2. The van der Waals surface area contributed by atoms with Crippen molar-refractivity contribution >= 4 is 33.9 Å². The highest BCUT2D eigenvalue weighted by Gasteiger charge is 2.48. The number of ketones is 1. The van der Waals surface area contributed by atoms with E-state index in [9.17, 15) is 19.8 Å². The van der Waals surface area contributed by atoms with Crippen LogP contribution in [0.3, 0.4) is 0 Å². The third-order valence-corrected chi connectivity index (χ3v) is 7.22. The minimum atomic E-state index is -1.02. The van der Waals surface area contributed by atoms with Crippen LogP contribution in [0.2, 0.25) is 0 Å². The maximum absolute atomic E-state index is 13.4.